The van der Waals surface area contributed by atoms with Gasteiger partial charge in [-0.15, -0.1) is 0 Å². The molecule has 0 fully saturated rings. The van der Waals surface area contributed by atoms with E-state index in [9.17, 15) is 4.79 Å². The van der Waals surface area contributed by atoms with E-state index in [1.807, 2.05) is 0 Å². The monoisotopic (exact) mass is 213 g/mol. The summed E-state index contributed by atoms with van der Waals surface area (Å²) in [7, 11) is 1.73. The van der Waals surface area contributed by atoms with Crippen LogP contribution in [0.1, 0.15) is 0 Å². The van der Waals surface area contributed by atoms with Crippen molar-refractivity contribution in [1.82, 2.24) is 0 Å². The number of benzene rings is 1. The standard InChI is InChI=1S/C9H12ClN3O/c1-13(5-9(12)14)8-4-6(10)2-3-7(8)11/h2-4H,5,11H2,1H3,(H2,12,14). The van der Waals surface area contributed by atoms with E-state index in [4.69, 9.17) is 23.1 Å². The highest BCUT2D eigenvalue weighted by molar-refractivity contribution is 6.31. The van der Waals surface area contributed by atoms with Crippen molar-refractivity contribution >= 4 is 28.9 Å². The fourth-order valence-electron chi connectivity index (χ4n) is 1.17. The van der Waals surface area contributed by atoms with Gasteiger partial charge in [0.15, 0.2) is 0 Å². The van der Waals surface area contributed by atoms with Gasteiger partial charge in [-0.2, -0.15) is 0 Å². The highest BCUT2D eigenvalue weighted by atomic mass is 35.5. The summed E-state index contributed by atoms with van der Waals surface area (Å²) < 4.78 is 0. The quantitative estimate of drug-likeness (QED) is 0.731. The Morgan fingerprint density at radius 2 is 2.21 bits per heavy atom. The molecule has 0 aliphatic carbocycles. The molecule has 0 spiro atoms. The van der Waals surface area contributed by atoms with Gasteiger partial charge in [-0.25, -0.2) is 0 Å². The van der Waals surface area contributed by atoms with Crippen molar-refractivity contribution in [3.8, 4) is 0 Å². The van der Waals surface area contributed by atoms with E-state index in [0.717, 1.165) is 0 Å². The maximum absolute atomic E-state index is 10.7. The number of halogens is 1. The SMILES string of the molecule is CN(CC(N)=O)c1cc(Cl)ccc1N. The summed E-state index contributed by atoms with van der Waals surface area (Å²) in [6.45, 7) is 0.116. The molecule has 1 rings (SSSR count). The lowest BCUT2D eigenvalue weighted by molar-refractivity contribution is -0.116. The van der Waals surface area contributed by atoms with Gasteiger partial charge in [0.25, 0.3) is 0 Å². The van der Waals surface area contributed by atoms with E-state index in [1.54, 1.807) is 30.1 Å². The van der Waals surface area contributed by atoms with Crippen LogP contribution in [0.15, 0.2) is 18.2 Å². The van der Waals surface area contributed by atoms with Crippen LogP contribution >= 0.6 is 11.6 Å². The molecule has 0 bridgehead atoms. The number of carbonyl (C=O) groups is 1. The lowest BCUT2D eigenvalue weighted by atomic mass is 10.2. The molecule has 4 N–H and O–H groups in total. The van der Waals surface area contributed by atoms with Crippen LogP contribution in [-0.4, -0.2) is 19.5 Å². The van der Waals surface area contributed by atoms with Gasteiger partial charge >= 0.3 is 0 Å². The molecule has 4 nitrogen and oxygen atoms in total. The number of carbonyl (C=O) groups excluding carboxylic acids is 1. The van der Waals surface area contributed by atoms with Gasteiger partial charge in [-0.05, 0) is 18.2 Å². The molecule has 0 radical (unpaired) electrons. The third-order valence-electron chi connectivity index (χ3n) is 1.80. The fourth-order valence-corrected chi connectivity index (χ4v) is 1.33. The van der Waals surface area contributed by atoms with E-state index >= 15 is 0 Å². The van der Waals surface area contributed by atoms with Gasteiger partial charge in [0.1, 0.15) is 0 Å². The van der Waals surface area contributed by atoms with Gasteiger partial charge in [0, 0.05) is 12.1 Å². The number of amides is 1. The van der Waals surface area contributed by atoms with Gasteiger partial charge in [-0.1, -0.05) is 11.6 Å². The first-order valence-electron chi connectivity index (χ1n) is 4.05. The first-order chi connectivity index (χ1) is 6.50. The second-order valence-corrected chi connectivity index (χ2v) is 3.46. The fraction of sp³-hybridized carbons (Fsp3) is 0.222. The molecule has 0 unspecified atom stereocenters. The normalized spacial score (nSPS) is 9.86. The van der Waals surface area contributed by atoms with Crippen LogP contribution in [0, 0.1) is 0 Å². The van der Waals surface area contributed by atoms with Crippen molar-refractivity contribution in [3.63, 3.8) is 0 Å². The van der Waals surface area contributed by atoms with Crippen LogP contribution in [0.2, 0.25) is 5.02 Å². The zero-order valence-corrected chi connectivity index (χ0v) is 8.58. The number of hydrogen-bond acceptors (Lipinski definition) is 3. The minimum absolute atomic E-state index is 0.116. The first kappa shape index (κ1) is 10.7. The van der Waals surface area contributed by atoms with Crippen LogP contribution in [0.5, 0.6) is 0 Å². The zero-order valence-electron chi connectivity index (χ0n) is 7.83. The van der Waals surface area contributed by atoms with Gasteiger partial charge in [0.2, 0.25) is 5.91 Å². The lowest BCUT2D eigenvalue weighted by Gasteiger charge is -2.19. The summed E-state index contributed by atoms with van der Waals surface area (Å²) in [5.41, 5.74) is 12.1. The average Bonchev–Trinajstić information content (AvgIpc) is 2.08. The summed E-state index contributed by atoms with van der Waals surface area (Å²) in [5, 5.41) is 0.575. The van der Waals surface area contributed by atoms with E-state index in [1.165, 1.54) is 0 Å². The molecule has 0 aliphatic heterocycles. The van der Waals surface area contributed by atoms with Crippen LogP contribution in [0.25, 0.3) is 0 Å². The molecule has 1 aromatic carbocycles. The van der Waals surface area contributed by atoms with Gasteiger partial charge < -0.3 is 16.4 Å². The van der Waals surface area contributed by atoms with E-state index in [0.29, 0.717) is 16.4 Å². The predicted octanol–water partition coefficient (Wildman–Crippen LogP) is 0.844. The molecule has 0 atom stereocenters. The molecular formula is C9H12ClN3O. The summed E-state index contributed by atoms with van der Waals surface area (Å²) in [5.74, 6) is -0.410. The molecule has 1 amide bonds. The zero-order chi connectivity index (χ0) is 10.7. The van der Waals surface area contributed by atoms with E-state index in [2.05, 4.69) is 0 Å². The Kier molecular flexibility index (Phi) is 3.19. The lowest BCUT2D eigenvalue weighted by Crippen LogP contribution is -2.30. The van der Waals surface area contributed by atoms with Crippen LogP contribution in [-0.2, 0) is 4.79 Å². The van der Waals surface area contributed by atoms with Crippen molar-refractivity contribution in [2.24, 2.45) is 5.73 Å². The summed E-state index contributed by atoms with van der Waals surface area (Å²) >= 11 is 5.80. The third-order valence-corrected chi connectivity index (χ3v) is 2.03. The molecule has 0 aliphatic rings. The number of nitrogens with two attached hydrogens (primary N) is 2. The maximum Gasteiger partial charge on any atom is 0.236 e. The highest BCUT2D eigenvalue weighted by Crippen LogP contribution is 2.25. The second-order valence-electron chi connectivity index (χ2n) is 3.03. The number of likely N-dealkylation sites (N-methyl/N-ethyl adjacent to an activating group) is 1. The summed E-state index contributed by atoms with van der Waals surface area (Å²) in [6.07, 6.45) is 0. The minimum Gasteiger partial charge on any atom is -0.397 e. The number of primary amides is 1. The highest BCUT2D eigenvalue weighted by Gasteiger charge is 2.07. The van der Waals surface area contributed by atoms with Crippen molar-refractivity contribution in [2.75, 3.05) is 24.2 Å². The Morgan fingerprint density at radius 1 is 1.57 bits per heavy atom. The molecule has 76 valence electrons. The van der Waals surface area contributed by atoms with Crippen molar-refractivity contribution in [2.45, 2.75) is 0 Å². The number of rotatable bonds is 3. The van der Waals surface area contributed by atoms with Crippen LogP contribution < -0.4 is 16.4 Å². The van der Waals surface area contributed by atoms with Gasteiger partial charge in [0.05, 0.1) is 17.9 Å². The molecule has 14 heavy (non-hydrogen) atoms. The van der Waals surface area contributed by atoms with Crippen molar-refractivity contribution in [3.05, 3.63) is 23.2 Å². The molecule has 0 saturated carbocycles. The third kappa shape index (κ3) is 2.53. The Bertz CT molecular complexity index is 354. The number of nitrogens with zero attached hydrogens (tertiary/aromatic N) is 1. The van der Waals surface area contributed by atoms with Crippen molar-refractivity contribution in [1.29, 1.82) is 0 Å². The van der Waals surface area contributed by atoms with Gasteiger partial charge in [-0.3, -0.25) is 4.79 Å². The van der Waals surface area contributed by atoms with Crippen LogP contribution in [0.4, 0.5) is 11.4 Å². The molecule has 5 heteroatoms. The molecule has 1 aromatic rings. The molecule has 0 saturated heterocycles. The Balaban J connectivity index is 2.93. The van der Waals surface area contributed by atoms with Crippen molar-refractivity contribution < 1.29 is 4.79 Å². The molecular weight excluding hydrogens is 202 g/mol. The topological polar surface area (TPSA) is 72.3 Å². The smallest absolute Gasteiger partial charge is 0.236 e. The Labute approximate surface area is 87.4 Å². The maximum atomic E-state index is 10.7. The number of nitrogen functional groups attached to an aromatic ring is 1. The van der Waals surface area contributed by atoms with E-state index < -0.39 is 5.91 Å². The first-order valence-corrected chi connectivity index (χ1v) is 4.43. The predicted molar refractivity (Wildman–Crippen MR) is 58.3 cm³/mol. The van der Waals surface area contributed by atoms with E-state index in [-0.39, 0.29) is 6.54 Å². The second kappa shape index (κ2) is 4.19. The van der Waals surface area contributed by atoms with Crippen LogP contribution in [0.3, 0.4) is 0 Å². The minimum atomic E-state index is -0.410. The summed E-state index contributed by atoms with van der Waals surface area (Å²) in [4.78, 5) is 12.3. The Hall–Kier alpha value is -1.42. The molecule has 0 aromatic heterocycles. The summed E-state index contributed by atoms with van der Waals surface area (Å²) in [6, 6.07) is 5.08. The Morgan fingerprint density at radius 3 is 2.79 bits per heavy atom. The average molecular weight is 214 g/mol. The number of hydrogen-bond donors (Lipinski definition) is 2. The molecule has 0 heterocycles. The number of anilines is 2. The largest absolute Gasteiger partial charge is 0.397 e.